The van der Waals surface area contributed by atoms with Crippen molar-refractivity contribution in [3.63, 3.8) is 0 Å². The number of nitrogens with zero attached hydrogens (tertiary/aromatic N) is 2. The van der Waals surface area contributed by atoms with E-state index in [4.69, 9.17) is 5.26 Å². The van der Waals surface area contributed by atoms with Crippen molar-refractivity contribution >= 4 is 17.3 Å². The molecule has 0 fully saturated rings. The molecule has 0 saturated carbocycles. The standard InChI is InChI=1S/C14H17N3O/c1-4-8-17(11(2)10-15)14-7-5-6-13(9-14)16-12(3)18/h4-7,9,11H,1,8H2,2-3H3,(H,16,18). The predicted octanol–water partition coefficient (Wildman–Crippen LogP) is 2.55. The number of anilines is 2. The summed E-state index contributed by atoms with van der Waals surface area (Å²) >= 11 is 0. The van der Waals surface area contributed by atoms with Gasteiger partial charge in [0.05, 0.1) is 6.07 Å². The van der Waals surface area contributed by atoms with E-state index in [0.29, 0.717) is 6.54 Å². The van der Waals surface area contributed by atoms with Crippen LogP contribution < -0.4 is 10.2 Å². The third-order valence-corrected chi connectivity index (χ3v) is 2.48. The second-order valence-corrected chi connectivity index (χ2v) is 3.98. The molecule has 4 heteroatoms. The van der Waals surface area contributed by atoms with Gasteiger partial charge >= 0.3 is 0 Å². The number of benzene rings is 1. The Labute approximate surface area is 108 Å². The molecule has 1 N–H and O–H groups in total. The highest BCUT2D eigenvalue weighted by atomic mass is 16.1. The summed E-state index contributed by atoms with van der Waals surface area (Å²) in [5, 5.41) is 11.7. The first-order valence-corrected chi connectivity index (χ1v) is 5.73. The van der Waals surface area contributed by atoms with Gasteiger partial charge in [0.15, 0.2) is 0 Å². The van der Waals surface area contributed by atoms with Crippen molar-refractivity contribution in [2.75, 3.05) is 16.8 Å². The van der Waals surface area contributed by atoms with Gasteiger partial charge in [-0.15, -0.1) is 6.58 Å². The Morgan fingerprint density at radius 2 is 2.39 bits per heavy atom. The Kier molecular flexibility index (Phi) is 4.94. The summed E-state index contributed by atoms with van der Waals surface area (Å²) in [7, 11) is 0. The molecule has 0 saturated heterocycles. The summed E-state index contributed by atoms with van der Waals surface area (Å²) < 4.78 is 0. The van der Waals surface area contributed by atoms with E-state index >= 15 is 0 Å². The van der Waals surface area contributed by atoms with E-state index in [-0.39, 0.29) is 11.9 Å². The van der Waals surface area contributed by atoms with Crippen LogP contribution >= 0.6 is 0 Å². The fourth-order valence-electron chi connectivity index (χ4n) is 1.66. The summed E-state index contributed by atoms with van der Waals surface area (Å²) in [5.41, 5.74) is 1.61. The molecule has 1 amide bonds. The molecule has 1 atom stereocenters. The first-order chi connectivity index (χ1) is 8.58. The number of nitrogens with one attached hydrogen (secondary N) is 1. The molecule has 0 aliphatic heterocycles. The monoisotopic (exact) mass is 243 g/mol. The molecule has 0 aliphatic carbocycles. The number of amides is 1. The van der Waals surface area contributed by atoms with E-state index in [1.807, 2.05) is 36.1 Å². The Morgan fingerprint density at radius 1 is 1.67 bits per heavy atom. The predicted molar refractivity (Wildman–Crippen MR) is 73.4 cm³/mol. The minimum atomic E-state index is -0.254. The maximum atomic E-state index is 11.0. The molecule has 1 unspecified atom stereocenters. The van der Waals surface area contributed by atoms with Crippen molar-refractivity contribution in [3.05, 3.63) is 36.9 Å². The zero-order valence-corrected chi connectivity index (χ0v) is 10.7. The van der Waals surface area contributed by atoms with E-state index in [0.717, 1.165) is 11.4 Å². The fourth-order valence-corrected chi connectivity index (χ4v) is 1.66. The highest BCUT2D eigenvalue weighted by Crippen LogP contribution is 2.21. The first kappa shape index (κ1) is 13.8. The SMILES string of the molecule is C=CCN(c1cccc(NC(C)=O)c1)C(C)C#N. The van der Waals surface area contributed by atoms with Crippen LogP contribution in [0.2, 0.25) is 0 Å². The van der Waals surface area contributed by atoms with Crippen LogP contribution in [0.1, 0.15) is 13.8 Å². The summed E-state index contributed by atoms with van der Waals surface area (Å²) in [6.45, 7) is 7.57. The van der Waals surface area contributed by atoms with Crippen LogP contribution in [0.15, 0.2) is 36.9 Å². The van der Waals surface area contributed by atoms with E-state index in [1.165, 1.54) is 6.92 Å². The second-order valence-electron chi connectivity index (χ2n) is 3.98. The lowest BCUT2D eigenvalue weighted by molar-refractivity contribution is -0.114. The third kappa shape index (κ3) is 3.63. The number of nitriles is 1. The fraction of sp³-hybridized carbons (Fsp3) is 0.286. The van der Waals surface area contributed by atoms with Crippen molar-refractivity contribution in [2.24, 2.45) is 0 Å². The van der Waals surface area contributed by atoms with Crippen LogP contribution in [0, 0.1) is 11.3 Å². The van der Waals surface area contributed by atoms with E-state index in [2.05, 4.69) is 18.0 Å². The van der Waals surface area contributed by atoms with Crippen LogP contribution in [-0.4, -0.2) is 18.5 Å². The molecule has 0 bridgehead atoms. The molecule has 4 nitrogen and oxygen atoms in total. The minimum Gasteiger partial charge on any atom is -0.352 e. The van der Waals surface area contributed by atoms with E-state index < -0.39 is 0 Å². The molecule has 1 aromatic carbocycles. The molecule has 94 valence electrons. The number of rotatable bonds is 5. The molecular formula is C14H17N3O. The Bertz CT molecular complexity index is 476. The van der Waals surface area contributed by atoms with Gasteiger partial charge in [-0.2, -0.15) is 5.26 Å². The van der Waals surface area contributed by atoms with Crippen LogP contribution in [-0.2, 0) is 4.79 Å². The molecule has 18 heavy (non-hydrogen) atoms. The molecule has 0 aliphatic rings. The van der Waals surface area contributed by atoms with Gasteiger partial charge in [-0.3, -0.25) is 4.79 Å². The zero-order chi connectivity index (χ0) is 13.5. The lowest BCUT2D eigenvalue weighted by Gasteiger charge is -2.26. The molecule has 1 rings (SSSR count). The van der Waals surface area contributed by atoms with Crippen molar-refractivity contribution in [3.8, 4) is 6.07 Å². The summed E-state index contributed by atoms with van der Waals surface area (Å²) in [4.78, 5) is 12.9. The van der Waals surface area contributed by atoms with Crippen LogP contribution in [0.3, 0.4) is 0 Å². The quantitative estimate of drug-likeness (QED) is 0.808. The highest BCUT2D eigenvalue weighted by Gasteiger charge is 2.12. The maximum absolute atomic E-state index is 11.0. The normalized spacial score (nSPS) is 11.2. The van der Waals surface area contributed by atoms with Crippen molar-refractivity contribution < 1.29 is 4.79 Å². The van der Waals surface area contributed by atoms with Gasteiger partial charge < -0.3 is 10.2 Å². The Balaban J connectivity index is 3.01. The average molecular weight is 243 g/mol. The zero-order valence-electron chi connectivity index (χ0n) is 10.7. The van der Waals surface area contributed by atoms with Gasteiger partial charge in [-0.1, -0.05) is 12.1 Å². The number of hydrogen-bond acceptors (Lipinski definition) is 3. The van der Waals surface area contributed by atoms with Gasteiger partial charge in [-0.25, -0.2) is 0 Å². The summed E-state index contributed by atoms with van der Waals surface area (Å²) in [6, 6.07) is 9.36. The maximum Gasteiger partial charge on any atom is 0.221 e. The van der Waals surface area contributed by atoms with Gasteiger partial charge in [0.2, 0.25) is 5.91 Å². The number of hydrogen-bond donors (Lipinski definition) is 1. The van der Waals surface area contributed by atoms with Gasteiger partial charge in [0, 0.05) is 24.8 Å². The molecular weight excluding hydrogens is 226 g/mol. The molecule has 0 spiro atoms. The molecule has 0 aromatic heterocycles. The van der Waals surface area contributed by atoms with Gasteiger partial charge in [0.1, 0.15) is 6.04 Å². The van der Waals surface area contributed by atoms with Crippen molar-refractivity contribution in [2.45, 2.75) is 19.9 Å². The largest absolute Gasteiger partial charge is 0.352 e. The van der Waals surface area contributed by atoms with Crippen LogP contribution in [0.5, 0.6) is 0 Å². The molecule has 0 heterocycles. The minimum absolute atomic E-state index is 0.115. The number of carbonyl (C=O) groups excluding carboxylic acids is 1. The topological polar surface area (TPSA) is 56.1 Å². The summed E-state index contributed by atoms with van der Waals surface area (Å²) in [5.74, 6) is -0.115. The van der Waals surface area contributed by atoms with Gasteiger partial charge in [0.25, 0.3) is 0 Å². The molecule has 1 aromatic rings. The van der Waals surface area contributed by atoms with Crippen molar-refractivity contribution in [1.82, 2.24) is 0 Å². The van der Waals surface area contributed by atoms with E-state index in [1.54, 1.807) is 6.08 Å². The smallest absolute Gasteiger partial charge is 0.221 e. The Hall–Kier alpha value is -2.28. The summed E-state index contributed by atoms with van der Waals surface area (Å²) in [6.07, 6.45) is 1.75. The van der Waals surface area contributed by atoms with Gasteiger partial charge in [-0.05, 0) is 25.1 Å². The highest BCUT2D eigenvalue weighted by molar-refractivity contribution is 5.89. The number of carbonyl (C=O) groups is 1. The first-order valence-electron chi connectivity index (χ1n) is 5.73. The van der Waals surface area contributed by atoms with E-state index in [9.17, 15) is 4.79 Å². The van der Waals surface area contributed by atoms with Crippen LogP contribution in [0.25, 0.3) is 0 Å². The van der Waals surface area contributed by atoms with Crippen molar-refractivity contribution in [1.29, 1.82) is 5.26 Å². The second kappa shape index (κ2) is 6.45. The Morgan fingerprint density at radius 3 is 2.94 bits per heavy atom. The lowest BCUT2D eigenvalue weighted by atomic mass is 10.2. The lowest BCUT2D eigenvalue weighted by Crippen LogP contribution is -2.32. The third-order valence-electron chi connectivity index (χ3n) is 2.48. The molecule has 0 radical (unpaired) electrons. The average Bonchev–Trinajstić information content (AvgIpc) is 2.34. The van der Waals surface area contributed by atoms with Crippen LogP contribution in [0.4, 0.5) is 11.4 Å².